The van der Waals surface area contributed by atoms with Gasteiger partial charge in [0.1, 0.15) is 6.04 Å². The lowest BCUT2D eigenvalue weighted by Gasteiger charge is -2.24. The van der Waals surface area contributed by atoms with E-state index in [0.29, 0.717) is 5.56 Å². The number of alkyl halides is 2. The highest BCUT2D eigenvalue weighted by atomic mass is 19.3. The van der Waals surface area contributed by atoms with Crippen molar-refractivity contribution in [1.82, 2.24) is 15.1 Å². The van der Waals surface area contributed by atoms with Crippen LogP contribution in [0.15, 0.2) is 34.7 Å². The highest BCUT2D eigenvalue weighted by Gasteiger charge is 2.56. The second-order valence-electron chi connectivity index (χ2n) is 6.88. The van der Waals surface area contributed by atoms with Crippen LogP contribution in [0.4, 0.5) is 8.78 Å². The lowest BCUT2D eigenvalue weighted by atomic mass is 10.1. The predicted octanol–water partition coefficient (Wildman–Crippen LogP) is 3.45. The molecule has 0 bridgehead atoms. The molecular weight excluding hydrogens is 316 g/mol. The third-order valence-electron chi connectivity index (χ3n) is 4.79. The summed E-state index contributed by atoms with van der Waals surface area (Å²) in [4.78, 5) is 13.8. The molecule has 0 unspecified atom stereocenters. The molecule has 1 aliphatic carbocycles. The molecule has 1 aromatic carbocycles. The zero-order chi connectivity index (χ0) is 16.9. The van der Waals surface area contributed by atoms with Gasteiger partial charge in [-0.3, -0.25) is 4.79 Å². The van der Waals surface area contributed by atoms with Crippen LogP contribution in [0, 0.1) is 5.41 Å². The van der Waals surface area contributed by atoms with Crippen molar-refractivity contribution in [3.05, 3.63) is 36.2 Å². The van der Waals surface area contributed by atoms with Crippen molar-refractivity contribution in [2.45, 2.75) is 38.2 Å². The average Bonchev–Trinajstić information content (AvgIpc) is 3.00. The quantitative estimate of drug-likeness (QED) is 0.863. The maximum Gasteiger partial charge on any atom is 0.267 e. The lowest BCUT2D eigenvalue weighted by Crippen LogP contribution is -2.37. The van der Waals surface area contributed by atoms with Crippen LogP contribution in [0.5, 0.6) is 0 Å². The highest BCUT2D eigenvalue weighted by molar-refractivity contribution is 5.85. The minimum absolute atomic E-state index is 0.0728. The molecule has 2 aromatic rings. The van der Waals surface area contributed by atoms with Crippen LogP contribution in [0.25, 0.3) is 11.5 Å². The highest BCUT2D eigenvalue weighted by Crippen LogP contribution is 2.51. The van der Waals surface area contributed by atoms with Crippen LogP contribution in [0.3, 0.4) is 0 Å². The number of carbonyl (C=O) groups excluding carboxylic acids is 1. The van der Waals surface area contributed by atoms with Crippen molar-refractivity contribution in [3.63, 3.8) is 0 Å². The molecule has 1 saturated heterocycles. The number of halogens is 2. The van der Waals surface area contributed by atoms with E-state index >= 15 is 0 Å². The van der Waals surface area contributed by atoms with E-state index in [0.717, 1.165) is 12.8 Å². The number of amides is 1. The van der Waals surface area contributed by atoms with Gasteiger partial charge in [-0.05, 0) is 25.0 Å². The molecule has 2 fully saturated rings. The van der Waals surface area contributed by atoms with E-state index in [9.17, 15) is 13.6 Å². The normalized spacial score (nSPS) is 24.1. The molecule has 24 heavy (non-hydrogen) atoms. The molecule has 2 heterocycles. The number of likely N-dealkylation sites (tertiary alicyclic amines) is 1. The summed E-state index contributed by atoms with van der Waals surface area (Å²) in [6, 6.07) is 8.24. The number of aromatic nitrogens is 2. The molecule has 0 N–H and O–H groups in total. The third-order valence-corrected chi connectivity index (χ3v) is 4.79. The van der Waals surface area contributed by atoms with E-state index in [1.54, 1.807) is 12.1 Å². The second-order valence-corrected chi connectivity index (χ2v) is 6.88. The van der Waals surface area contributed by atoms with Crippen molar-refractivity contribution in [1.29, 1.82) is 0 Å². The Bertz CT molecular complexity index is 771. The van der Waals surface area contributed by atoms with Crippen LogP contribution in [0.1, 0.15) is 38.1 Å². The Hall–Kier alpha value is -2.31. The van der Waals surface area contributed by atoms with Crippen LogP contribution >= 0.6 is 0 Å². The Morgan fingerprint density at radius 2 is 1.96 bits per heavy atom. The fourth-order valence-corrected chi connectivity index (χ4v) is 3.07. The number of hydrogen-bond donors (Lipinski definition) is 0. The summed E-state index contributed by atoms with van der Waals surface area (Å²) in [6.07, 6.45) is 0.991. The van der Waals surface area contributed by atoms with Crippen LogP contribution < -0.4 is 0 Å². The molecule has 1 atom stereocenters. The van der Waals surface area contributed by atoms with Gasteiger partial charge in [0.2, 0.25) is 17.7 Å². The molecule has 1 aliphatic heterocycles. The Kier molecular flexibility index (Phi) is 3.23. The second kappa shape index (κ2) is 5.09. The topological polar surface area (TPSA) is 59.2 Å². The van der Waals surface area contributed by atoms with Crippen molar-refractivity contribution >= 4 is 5.91 Å². The van der Waals surface area contributed by atoms with Crippen LogP contribution in [-0.2, 0) is 4.79 Å². The minimum Gasteiger partial charge on any atom is -0.418 e. The SMILES string of the molecule is CC1(C(=O)N2CC(F)(F)C[C@H]2c2nnc(-c3ccccc3)o2)CC1. The summed E-state index contributed by atoms with van der Waals surface area (Å²) >= 11 is 0. The van der Waals surface area contributed by atoms with E-state index in [1.807, 2.05) is 25.1 Å². The van der Waals surface area contributed by atoms with E-state index in [2.05, 4.69) is 10.2 Å². The number of benzene rings is 1. The zero-order valence-electron chi connectivity index (χ0n) is 13.2. The van der Waals surface area contributed by atoms with E-state index in [4.69, 9.17) is 4.42 Å². The first kappa shape index (κ1) is 15.2. The Labute approximate surface area is 137 Å². The van der Waals surface area contributed by atoms with Crippen molar-refractivity contribution < 1.29 is 18.0 Å². The first-order valence-corrected chi connectivity index (χ1v) is 7.96. The maximum atomic E-state index is 13.9. The van der Waals surface area contributed by atoms with Gasteiger partial charge in [-0.1, -0.05) is 25.1 Å². The molecule has 0 radical (unpaired) electrons. The maximum absolute atomic E-state index is 13.9. The first-order valence-electron chi connectivity index (χ1n) is 7.96. The first-order chi connectivity index (χ1) is 11.4. The van der Waals surface area contributed by atoms with Gasteiger partial charge in [0, 0.05) is 17.4 Å². The minimum atomic E-state index is -2.94. The fourth-order valence-electron chi connectivity index (χ4n) is 3.07. The van der Waals surface area contributed by atoms with Gasteiger partial charge in [0.15, 0.2) is 0 Å². The van der Waals surface area contributed by atoms with Crippen molar-refractivity contribution in [2.24, 2.45) is 5.41 Å². The van der Waals surface area contributed by atoms with E-state index < -0.39 is 30.3 Å². The van der Waals surface area contributed by atoms with Crippen molar-refractivity contribution in [3.8, 4) is 11.5 Å². The molecule has 2 aliphatic rings. The van der Waals surface area contributed by atoms with Crippen molar-refractivity contribution in [2.75, 3.05) is 6.54 Å². The molecule has 4 rings (SSSR count). The molecule has 126 valence electrons. The summed E-state index contributed by atoms with van der Waals surface area (Å²) in [7, 11) is 0. The van der Waals surface area contributed by atoms with Crippen LogP contribution in [-0.4, -0.2) is 33.5 Å². The summed E-state index contributed by atoms with van der Waals surface area (Å²) in [5.41, 5.74) is 0.203. The van der Waals surface area contributed by atoms with Gasteiger partial charge in [0.05, 0.1) is 6.54 Å². The largest absolute Gasteiger partial charge is 0.418 e. The van der Waals surface area contributed by atoms with E-state index in [1.165, 1.54) is 4.90 Å². The smallest absolute Gasteiger partial charge is 0.267 e. The lowest BCUT2D eigenvalue weighted by molar-refractivity contribution is -0.139. The zero-order valence-corrected chi connectivity index (χ0v) is 13.2. The summed E-state index contributed by atoms with van der Waals surface area (Å²) in [5, 5.41) is 7.88. The molecule has 1 saturated carbocycles. The fraction of sp³-hybridized carbons (Fsp3) is 0.471. The monoisotopic (exact) mass is 333 g/mol. The number of rotatable bonds is 3. The molecule has 5 nitrogen and oxygen atoms in total. The third kappa shape index (κ3) is 2.57. The average molecular weight is 333 g/mol. The number of carbonyl (C=O) groups is 1. The molecule has 7 heteroatoms. The summed E-state index contributed by atoms with van der Waals surface area (Å²) < 4.78 is 33.5. The van der Waals surface area contributed by atoms with Gasteiger partial charge < -0.3 is 9.32 Å². The summed E-state index contributed by atoms with van der Waals surface area (Å²) in [5.74, 6) is -2.84. The Morgan fingerprint density at radius 1 is 1.25 bits per heavy atom. The molecule has 0 spiro atoms. The van der Waals surface area contributed by atoms with Gasteiger partial charge >= 0.3 is 0 Å². The van der Waals surface area contributed by atoms with Gasteiger partial charge in [0.25, 0.3) is 5.92 Å². The van der Waals surface area contributed by atoms with E-state index in [-0.39, 0.29) is 17.7 Å². The molecule has 1 amide bonds. The Morgan fingerprint density at radius 3 is 2.62 bits per heavy atom. The Balaban J connectivity index is 1.64. The van der Waals surface area contributed by atoms with Gasteiger partial charge in [-0.2, -0.15) is 0 Å². The van der Waals surface area contributed by atoms with Gasteiger partial charge in [-0.15, -0.1) is 10.2 Å². The molecular formula is C17H17F2N3O2. The van der Waals surface area contributed by atoms with Gasteiger partial charge in [-0.25, -0.2) is 8.78 Å². The number of nitrogens with zero attached hydrogens (tertiary/aromatic N) is 3. The number of hydrogen-bond acceptors (Lipinski definition) is 4. The molecule has 1 aromatic heterocycles. The standard InChI is InChI=1S/C17H17F2N3O2/c1-16(7-8-16)15(23)22-10-17(18,19)9-12(22)14-21-20-13(24-14)11-5-3-2-4-6-11/h2-6,12H,7-10H2,1H3/t12-/m0/s1. The van der Waals surface area contributed by atoms with Crippen LogP contribution in [0.2, 0.25) is 0 Å². The predicted molar refractivity (Wildman–Crippen MR) is 81.1 cm³/mol. The summed E-state index contributed by atoms with van der Waals surface area (Å²) in [6.45, 7) is 1.22.